The van der Waals surface area contributed by atoms with Crippen LogP contribution in [-0.2, 0) is 6.54 Å². The number of hydrogen-bond acceptors (Lipinski definition) is 4. The first-order chi connectivity index (χ1) is 11.7. The highest BCUT2D eigenvalue weighted by Gasteiger charge is 2.05. The summed E-state index contributed by atoms with van der Waals surface area (Å²) in [6.07, 6.45) is 0.980. The molecule has 128 valence electrons. The lowest BCUT2D eigenvalue weighted by molar-refractivity contribution is 0.0945. The van der Waals surface area contributed by atoms with Gasteiger partial charge in [0.15, 0.2) is 0 Å². The van der Waals surface area contributed by atoms with E-state index in [1.807, 2.05) is 36.4 Å². The highest BCUT2D eigenvalue weighted by Crippen LogP contribution is 2.16. The molecule has 0 radical (unpaired) electrons. The van der Waals surface area contributed by atoms with Gasteiger partial charge in [-0.2, -0.15) is 0 Å². The van der Waals surface area contributed by atoms with Crippen molar-refractivity contribution < 1.29 is 14.6 Å². The molecule has 5 heteroatoms. The lowest BCUT2D eigenvalue weighted by Crippen LogP contribution is -2.26. The molecule has 0 aliphatic heterocycles. The Morgan fingerprint density at radius 2 is 2.00 bits per heavy atom. The Hall–Kier alpha value is -2.53. The first-order valence-corrected chi connectivity index (χ1v) is 8.17. The van der Waals surface area contributed by atoms with Crippen LogP contribution >= 0.6 is 0 Å². The van der Waals surface area contributed by atoms with Crippen LogP contribution in [-0.4, -0.2) is 30.8 Å². The first-order valence-electron chi connectivity index (χ1n) is 8.17. The number of aliphatic hydroxyl groups is 1. The lowest BCUT2D eigenvalue weighted by Gasteiger charge is -2.10. The zero-order chi connectivity index (χ0) is 17.2. The highest BCUT2D eigenvalue weighted by atomic mass is 16.5. The number of aliphatic hydroxyl groups excluding tert-OH is 1. The number of carbonyl (C=O) groups is 1. The van der Waals surface area contributed by atoms with E-state index in [0.717, 1.165) is 23.4 Å². The molecule has 0 fully saturated rings. The van der Waals surface area contributed by atoms with Crippen LogP contribution in [0, 0.1) is 0 Å². The van der Waals surface area contributed by atoms with E-state index >= 15 is 0 Å². The van der Waals surface area contributed by atoms with Crippen LogP contribution in [0.25, 0.3) is 0 Å². The summed E-state index contributed by atoms with van der Waals surface area (Å²) in [6, 6.07) is 15.3. The molecule has 0 bridgehead atoms. The zero-order valence-electron chi connectivity index (χ0n) is 13.9. The molecule has 1 amide bonds. The number of nitrogens with one attached hydrogen (secondary N) is 2. The fourth-order valence-corrected chi connectivity index (χ4v) is 2.21. The summed E-state index contributed by atoms with van der Waals surface area (Å²) in [4.78, 5) is 11.9. The van der Waals surface area contributed by atoms with E-state index in [0.29, 0.717) is 18.7 Å². The molecular weight excluding hydrogens is 304 g/mol. The minimum atomic E-state index is -0.192. The van der Waals surface area contributed by atoms with E-state index in [-0.39, 0.29) is 19.1 Å². The molecule has 2 rings (SSSR count). The first kappa shape index (κ1) is 17.8. The number of ether oxygens (including phenoxy) is 1. The average molecular weight is 328 g/mol. The van der Waals surface area contributed by atoms with Crippen LogP contribution in [0.5, 0.6) is 5.75 Å². The van der Waals surface area contributed by atoms with Crippen molar-refractivity contribution in [2.45, 2.75) is 19.9 Å². The number of anilines is 1. The quantitative estimate of drug-likeness (QED) is 0.662. The molecule has 0 atom stereocenters. The third-order valence-electron chi connectivity index (χ3n) is 3.39. The predicted octanol–water partition coefficient (Wildman–Crippen LogP) is 2.81. The normalized spacial score (nSPS) is 10.2. The molecule has 0 aliphatic rings. The zero-order valence-corrected chi connectivity index (χ0v) is 13.9. The molecule has 3 N–H and O–H groups in total. The highest BCUT2D eigenvalue weighted by molar-refractivity contribution is 5.95. The third-order valence-corrected chi connectivity index (χ3v) is 3.39. The van der Waals surface area contributed by atoms with Gasteiger partial charge in [-0.1, -0.05) is 25.1 Å². The van der Waals surface area contributed by atoms with Gasteiger partial charge in [0.2, 0.25) is 0 Å². The van der Waals surface area contributed by atoms with Gasteiger partial charge in [-0.3, -0.25) is 4.79 Å². The topological polar surface area (TPSA) is 70.6 Å². The molecule has 0 aliphatic carbocycles. The number of amides is 1. The molecule has 2 aromatic rings. The molecule has 5 nitrogen and oxygen atoms in total. The number of benzene rings is 2. The predicted molar refractivity (Wildman–Crippen MR) is 95.4 cm³/mol. The van der Waals surface area contributed by atoms with E-state index in [1.165, 1.54) is 0 Å². The van der Waals surface area contributed by atoms with Crippen LogP contribution in [0.3, 0.4) is 0 Å². The summed E-state index contributed by atoms with van der Waals surface area (Å²) < 4.78 is 5.63. The second-order valence-corrected chi connectivity index (χ2v) is 5.41. The largest absolute Gasteiger partial charge is 0.494 e. The van der Waals surface area contributed by atoms with E-state index in [2.05, 4.69) is 17.6 Å². The second kappa shape index (κ2) is 9.57. The number of rotatable bonds is 9. The monoisotopic (exact) mass is 328 g/mol. The average Bonchev–Trinajstić information content (AvgIpc) is 2.63. The van der Waals surface area contributed by atoms with Gasteiger partial charge >= 0.3 is 0 Å². The fraction of sp³-hybridized carbons (Fsp3) is 0.316. The van der Waals surface area contributed by atoms with Crippen molar-refractivity contribution in [3.63, 3.8) is 0 Å². The van der Waals surface area contributed by atoms with Crippen molar-refractivity contribution in [3.8, 4) is 5.75 Å². The Morgan fingerprint density at radius 3 is 2.79 bits per heavy atom. The second-order valence-electron chi connectivity index (χ2n) is 5.41. The van der Waals surface area contributed by atoms with E-state index in [1.54, 1.807) is 12.1 Å². The Labute approximate surface area is 142 Å². The molecule has 0 heterocycles. The maximum atomic E-state index is 11.9. The number of carbonyl (C=O) groups excluding carboxylic acids is 1. The summed E-state index contributed by atoms with van der Waals surface area (Å²) in [5.74, 6) is 0.677. The van der Waals surface area contributed by atoms with Crippen molar-refractivity contribution in [1.29, 1.82) is 0 Å². The standard InChI is InChI=1S/C19H24N2O3/c1-2-11-24-18-8-3-5-15(12-18)14-21-17-7-4-6-16(13-17)19(23)20-9-10-22/h3-8,12-13,21-22H,2,9-11,14H2,1H3,(H,20,23). The van der Waals surface area contributed by atoms with Gasteiger partial charge in [0.25, 0.3) is 5.91 Å². The van der Waals surface area contributed by atoms with Crippen molar-refractivity contribution in [2.24, 2.45) is 0 Å². The van der Waals surface area contributed by atoms with Crippen molar-refractivity contribution in [2.75, 3.05) is 25.1 Å². The van der Waals surface area contributed by atoms with Crippen LogP contribution in [0.15, 0.2) is 48.5 Å². The van der Waals surface area contributed by atoms with E-state index in [4.69, 9.17) is 9.84 Å². The Kier molecular flexibility index (Phi) is 7.11. The molecule has 0 spiro atoms. The minimum Gasteiger partial charge on any atom is -0.494 e. The maximum absolute atomic E-state index is 11.9. The van der Waals surface area contributed by atoms with Gasteiger partial charge in [0, 0.05) is 24.3 Å². The third kappa shape index (κ3) is 5.59. The van der Waals surface area contributed by atoms with E-state index in [9.17, 15) is 4.79 Å². The molecule has 24 heavy (non-hydrogen) atoms. The maximum Gasteiger partial charge on any atom is 0.251 e. The molecule has 0 aromatic heterocycles. The van der Waals surface area contributed by atoms with Gasteiger partial charge in [0.05, 0.1) is 13.2 Å². The van der Waals surface area contributed by atoms with Gasteiger partial charge < -0.3 is 20.5 Å². The fourth-order valence-electron chi connectivity index (χ4n) is 2.21. The molecule has 0 saturated carbocycles. The van der Waals surface area contributed by atoms with E-state index < -0.39 is 0 Å². The number of hydrogen-bond donors (Lipinski definition) is 3. The summed E-state index contributed by atoms with van der Waals surface area (Å²) in [5.41, 5.74) is 2.54. The molecule has 0 unspecified atom stereocenters. The van der Waals surface area contributed by atoms with Crippen LogP contribution in [0.2, 0.25) is 0 Å². The molecule has 2 aromatic carbocycles. The van der Waals surface area contributed by atoms with Gasteiger partial charge in [0.1, 0.15) is 5.75 Å². The Balaban J connectivity index is 1.95. The van der Waals surface area contributed by atoms with Gasteiger partial charge in [-0.25, -0.2) is 0 Å². The van der Waals surface area contributed by atoms with Crippen molar-refractivity contribution >= 4 is 11.6 Å². The summed E-state index contributed by atoms with van der Waals surface area (Å²) in [5, 5.41) is 14.7. The van der Waals surface area contributed by atoms with Gasteiger partial charge in [-0.15, -0.1) is 0 Å². The molecule has 0 saturated heterocycles. The summed E-state index contributed by atoms with van der Waals surface area (Å²) in [6.45, 7) is 3.61. The van der Waals surface area contributed by atoms with Crippen molar-refractivity contribution in [3.05, 3.63) is 59.7 Å². The van der Waals surface area contributed by atoms with Crippen LogP contribution < -0.4 is 15.4 Å². The minimum absolute atomic E-state index is 0.0693. The smallest absolute Gasteiger partial charge is 0.251 e. The van der Waals surface area contributed by atoms with Crippen molar-refractivity contribution in [1.82, 2.24) is 5.32 Å². The SMILES string of the molecule is CCCOc1cccc(CNc2cccc(C(=O)NCCO)c2)c1. The Bertz CT molecular complexity index is 659. The van der Waals surface area contributed by atoms with Crippen LogP contribution in [0.1, 0.15) is 29.3 Å². The molecular formula is C19H24N2O3. The lowest BCUT2D eigenvalue weighted by atomic mass is 10.1. The summed E-state index contributed by atoms with van der Waals surface area (Å²) in [7, 11) is 0. The van der Waals surface area contributed by atoms with Crippen LogP contribution in [0.4, 0.5) is 5.69 Å². The summed E-state index contributed by atoms with van der Waals surface area (Å²) >= 11 is 0. The Morgan fingerprint density at radius 1 is 1.17 bits per heavy atom. The van der Waals surface area contributed by atoms with Gasteiger partial charge in [-0.05, 0) is 42.3 Å².